The van der Waals surface area contributed by atoms with E-state index >= 15 is 0 Å². The van der Waals surface area contributed by atoms with Crippen molar-refractivity contribution in [2.45, 2.75) is 25.4 Å². The van der Waals surface area contributed by atoms with Gasteiger partial charge in [0.25, 0.3) is 5.91 Å². The van der Waals surface area contributed by atoms with Gasteiger partial charge in [-0.05, 0) is 48.4 Å². The van der Waals surface area contributed by atoms with Crippen LogP contribution in [-0.4, -0.2) is 29.9 Å². The summed E-state index contributed by atoms with van der Waals surface area (Å²) >= 11 is 6.19. The highest BCUT2D eigenvalue weighted by atomic mass is 35.5. The third-order valence-corrected chi connectivity index (χ3v) is 6.20. The van der Waals surface area contributed by atoms with Crippen molar-refractivity contribution >= 4 is 34.3 Å². The fourth-order valence-corrected chi connectivity index (χ4v) is 4.18. The normalized spacial score (nSPS) is 12.7. The number of aromatic amines is 1. The van der Waals surface area contributed by atoms with E-state index in [1.165, 1.54) is 19.2 Å². The number of fused-ring (bicyclic) bond motifs is 1. The first kappa shape index (κ1) is 24.3. The van der Waals surface area contributed by atoms with E-state index in [-0.39, 0.29) is 17.7 Å². The summed E-state index contributed by atoms with van der Waals surface area (Å²) in [6.07, 6.45) is 2.07. The molecule has 0 spiro atoms. The predicted molar refractivity (Wildman–Crippen MR) is 134 cm³/mol. The molecule has 0 aliphatic rings. The second-order valence-electron chi connectivity index (χ2n) is 8.19. The Morgan fingerprint density at radius 1 is 1.06 bits per heavy atom. The number of H-pyrrole nitrogens is 1. The number of carbonyl (C=O) groups is 2. The van der Waals surface area contributed by atoms with Crippen molar-refractivity contribution in [1.82, 2.24) is 15.6 Å². The molecule has 0 aliphatic carbocycles. The second kappa shape index (κ2) is 10.6. The van der Waals surface area contributed by atoms with Crippen molar-refractivity contribution in [3.63, 3.8) is 0 Å². The Balaban J connectivity index is 1.58. The minimum absolute atomic E-state index is 0.122. The number of rotatable bonds is 8. The summed E-state index contributed by atoms with van der Waals surface area (Å²) in [7, 11) is 1.39. The number of ether oxygens (including phenoxy) is 1. The second-order valence-corrected chi connectivity index (χ2v) is 8.60. The largest absolute Gasteiger partial charge is 0.494 e. The Labute approximate surface area is 207 Å². The Hall–Kier alpha value is -3.84. The van der Waals surface area contributed by atoms with E-state index in [1.807, 2.05) is 30.5 Å². The molecular formula is C27H25ClFN3O3. The van der Waals surface area contributed by atoms with Gasteiger partial charge in [0.2, 0.25) is 5.91 Å². The number of aromatic nitrogens is 1. The van der Waals surface area contributed by atoms with Crippen LogP contribution in [0.25, 0.3) is 10.9 Å². The number of nitrogens with one attached hydrogen (secondary N) is 3. The molecule has 1 aromatic heterocycles. The Kier molecular flexibility index (Phi) is 7.36. The van der Waals surface area contributed by atoms with Gasteiger partial charge in [0.1, 0.15) is 6.04 Å². The topological polar surface area (TPSA) is 83.2 Å². The summed E-state index contributed by atoms with van der Waals surface area (Å²) in [6, 6.07) is 17.5. The van der Waals surface area contributed by atoms with Crippen LogP contribution in [0, 0.1) is 5.82 Å². The molecule has 3 N–H and O–H groups in total. The summed E-state index contributed by atoms with van der Waals surface area (Å²) in [5.41, 5.74) is 2.65. The van der Waals surface area contributed by atoms with Crippen LogP contribution < -0.4 is 15.4 Å². The zero-order chi connectivity index (χ0) is 24.9. The lowest BCUT2D eigenvalue weighted by Crippen LogP contribution is -2.48. The van der Waals surface area contributed by atoms with Crippen LogP contribution in [0.2, 0.25) is 5.02 Å². The minimum atomic E-state index is -0.900. The molecule has 4 aromatic rings. The minimum Gasteiger partial charge on any atom is -0.494 e. The molecule has 2 atom stereocenters. The van der Waals surface area contributed by atoms with E-state index in [1.54, 1.807) is 37.3 Å². The highest BCUT2D eigenvalue weighted by Gasteiger charge is 2.25. The molecular weight excluding hydrogens is 469 g/mol. The maximum Gasteiger partial charge on any atom is 0.253 e. The van der Waals surface area contributed by atoms with Gasteiger partial charge in [0.05, 0.1) is 23.7 Å². The summed E-state index contributed by atoms with van der Waals surface area (Å²) in [6.45, 7) is 1.75. The van der Waals surface area contributed by atoms with Crippen LogP contribution in [-0.2, 0) is 11.2 Å². The van der Waals surface area contributed by atoms with Crippen molar-refractivity contribution in [3.8, 4) is 5.75 Å². The summed E-state index contributed by atoms with van der Waals surface area (Å²) in [4.78, 5) is 29.5. The first-order chi connectivity index (χ1) is 16.9. The lowest BCUT2D eigenvalue weighted by Gasteiger charge is -2.22. The van der Waals surface area contributed by atoms with Gasteiger partial charge in [-0.2, -0.15) is 0 Å². The molecule has 8 heteroatoms. The molecule has 180 valence electrons. The van der Waals surface area contributed by atoms with Gasteiger partial charge < -0.3 is 20.4 Å². The van der Waals surface area contributed by atoms with Crippen molar-refractivity contribution in [1.29, 1.82) is 0 Å². The molecule has 35 heavy (non-hydrogen) atoms. The number of hydrogen-bond acceptors (Lipinski definition) is 3. The summed E-state index contributed by atoms with van der Waals surface area (Å²) in [5.74, 6) is -1.26. The molecule has 0 saturated heterocycles. The molecule has 4 rings (SSSR count). The van der Waals surface area contributed by atoms with Gasteiger partial charge in [-0.25, -0.2) is 4.39 Å². The molecule has 0 saturated carbocycles. The highest BCUT2D eigenvalue weighted by Crippen LogP contribution is 2.23. The molecule has 6 nitrogen and oxygen atoms in total. The van der Waals surface area contributed by atoms with E-state index in [0.717, 1.165) is 16.5 Å². The van der Waals surface area contributed by atoms with Crippen molar-refractivity contribution in [2.75, 3.05) is 7.11 Å². The van der Waals surface area contributed by atoms with Gasteiger partial charge in [-0.3, -0.25) is 9.59 Å². The van der Waals surface area contributed by atoms with Crippen LogP contribution in [0.4, 0.5) is 4.39 Å². The van der Waals surface area contributed by atoms with E-state index in [2.05, 4.69) is 15.6 Å². The van der Waals surface area contributed by atoms with E-state index in [9.17, 15) is 14.0 Å². The number of halogens is 2. The van der Waals surface area contributed by atoms with Crippen LogP contribution in [0.15, 0.2) is 72.9 Å². The predicted octanol–water partition coefficient (Wildman–Crippen LogP) is 5.19. The third-order valence-electron chi connectivity index (χ3n) is 5.87. The molecule has 1 unspecified atom stereocenters. The van der Waals surface area contributed by atoms with Crippen LogP contribution in [0.3, 0.4) is 0 Å². The molecule has 1 heterocycles. The fourth-order valence-electron chi connectivity index (χ4n) is 3.96. The van der Waals surface area contributed by atoms with Crippen LogP contribution in [0.1, 0.15) is 34.5 Å². The maximum absolute atomic E-state index is 14.2. The molecule has 2 amide bonds. The Morgan fingerprint density at radius 2 is 1.80 bits per heavy atom. The van der Waals surface area contributed by atoms with E-state index < -0.39 is 29.7 Å². The van der Waals surface area contributed by atoms with Crippen molar-refractivity contribution in [2.24, 2.45) is 0 Å². The molecule has 0 aliphatic heterocycles. The van der Waals surface area contributed by atoms with Crippen molar-refractivity contribution in [3.05, 3.63) is 100 Å². The third kappa shape index (κ3) is 5.46. The molecule has 0 bridgehead atoms. The molecule has 0 radical (unpaired) electrons. The summed E-state index contributed by atoms with van der Waals surface area (Å²) < 4.78 is 19.2. The average molecular weight is 494 g/mol. The quantitative estimate of drug-likeness (QED) is 0.316. The number of benzene rings is 3. The number of hydrogen-bond donors (Lipinski definition) is 3. The van der Waals surface area contributed by atoms with Crippen LogP contribution >= 0.6 is 11.6 Å². The standard InChI is InChI=1S/C27H25ClFN3O3/c1-16(17-11-12-25(35-2)22(29)13-17)31-27(34)24(32-26(33)20-8-3-5-9-21(20)28)14-18-15-30-23-10-6-4-7-19(18)23/h3-13,15-16,24,30H,14H2,1-2H3,(H,31,34)(H,32,33)/t16?,24-/m0/s1. The van der Waals surface area contributed by atoms with E-state index in [4.69, 9.17) is 16.3 Å². The smallest absolute Gasteiger partial charge is 0.253 e. The Morgan fingerprint density at radius 3 is 2.54 bits per heavy atom. The summed E-state index contributed by atoms with van der Waals surface area (Å²) in [5, 5.41) is 6.96. The molecule has 3 aromatic carbocycles. The number of methoxy groups -OCH3 is 1. The van der Waals surface area contributed by atoms with E-state index in [0.29, 0.717) is 10.6 Å². The average Bonchev–Trinajstić information content (AvgIpc) is 3.26. The maximum atomic E-state index is 14.2. The SMILES string of the molecule is COc1ccc(C(C)NC(=O)[C@H](Cc2c[nH]c3ccccc23)NC(=O)c2ccccc2Cl)cc1F. The lowest BCUT2D eigenvalue weighted by atomic mass is 10.0. The zero-order valence-electron chi connectivity index (χ0n) is 19.3. The van der Waals surface area contributed by atoms with Gasteiger partial charge in [0, 0.05) is 23.5 Å². The van der Waals surface area contributed by atoms with Gasteiger partial charge >= 0.3 is 0 Å². The monoisotopic (exact) mass is 493 g/mol. The first-order valence-corrected chi connectivity index (χ1v) is 11.5. The van der Waals surface area contributed by atoms with Gasteiger partial charge in [-0.1, -0.05) is 48.0 Å². The Bertz CT molecular complexity index is 1370. The fraction of sp³-hybridized carbons (Fsp3) is 0.185. The number of carbonyl (C=O) groups excluding carboxylic acids is 2. The van der Waals surface area contributed by atoms with Crippen molar-refractivity contribution < 1.29 is 18.7 Å². The lowest BCUT2D eigenvalue weighted by molar-refractivity contribution is -0.123. The zero-order valence-corrected chi connectivity index (χ0v) is 20.0. The first-order valence-electron chi connectivity index (χ1n) is 11.1. The molecule has 0 fully saturated rings. The van der Waals surface area contributed by atoms with Crippen LogP contribution in [0.5, 0.6) is 5.75 Å². The number of para-hydroxylation sites is 1. The van der Waals surface area contributed by atoms with Gasteiger partial charge in [0.15, 0.2) is 11.6 Å². The van der Waals surface area contributed by atoms with Gasteiger partial charge in [-0.15, -0.1) is 0 Å². The highest BCUT2D eigenvalue weighted by molar-refractivity contribution is 6.33. The number of amides is 2.